The molecule has 0 aliphatic carbocycles. The summed E-state index contributed by atoms with van der Waals surface area (Å²) in [5.74, 6) is 1.15. The maximum Gasteiger partial charge on any atom is 0.281 e. The second kappa shape index (κ2) is 5.68. The van der Waals surface area contributed by atoms with Crippen LogP contribution in [0.3, 0.4) is 0 Å². The molecule has 0 saturated heterocycles. The fourth-order valence-corrected chi connectivity index (χ4v) is 2.78. The van der Waals surface area contributed by atoms with Gasteiger partial charge in [0.1, 0.15) is 5.82 Å². The first-order valence-corrected chi connectivity index (χ1v) is 7.87. The van der Waals surface area contributed by atoms with Crippen LogP contribution in [0.5, 0.6) is 0 Å². The molecule has 0 saturated carbocycles. The monoisotopic (exact) mass is 310 g/mol. The molecule has 0 unspecified atom stereocenters. The number of aryl methyl sites for hydroxylation is 2. The number of hydrogen-bond donors (Lipinski definition) is 1. The van der Waals surface area contributed by atoms with Gasteiger partial charge in [0, 0.05) is 26.8 Å². The smallest absolute Gasteiger partial charge is 0.281 e. The van der Waals surface area contributed by atoms with Crippen molar-refractivity contribution < 1.29 is 8.42 Å². The molecule has 0 amide bonds. The molecule has 2 rings (SSSR count). The van der Waals surface area contributed by atoms with E-state index in [0.717, 1.165) is 0 Å². The molecule has 0 bridgehead atoms. The Hall–Kier alpha value is -2.16. The van der Waals surface area contributed by atoms with Crippen molar-refractivity contribution in [2.75, 3.05) is 23.7 Å². The molecule has 0 aromatic carbocycles. The van der Waals surface area contributed by atoms with Gasteiger partial charge in [0.25, 0.3) is 10.0 Å². The Labute approximate surface area is 123 Å². The molecular weight excluding hydrogens is 292 g/mol. The van der Waals surface area contributed by atoms with E-state index in [4.69, 9.17) is 0 Å². The molecule has 0 fully saturated rings. The van der Waals surface area contributed by atoms with Gasteiger partial charge in [0.15, 0.2) is 5.03 Å². The Morgan fingerprint density at radius 3 is 2.38 bits per heavy atom. The Kier molecular flexibility index (Phi) is 4.12. The largest absolute Gasteiger partial charge is 0.347 e. The van der Waals surface area contributed by atoms with Gasteiger partial charge >= 0.3 is 0 Å². The predicted molar refractivity (Wildman–Crippen MR) is 79.8 cm³/mol. The SMILES string of the molecule is CCn1cc(S(=O)(=O)Nc2cnc(N(C)C)nc2)nc1C. The zero-order valence-electron chi connectivity index (χ0n) is 12.4. The fourth-order valence-electron chi connectivity index (χ4n) is 1.74. The Morgan fingerprint density at radius 2 is 1.90 bits per heavy atom. The first-order valence-electron chi connectivity index (χ1n) is 6.39. The van der Waals surface area contributed by atoms with Gasteiger partial charge in [-0.1, -0.05) is 0 Å². The number of hydrogen-bond acceptors (Lipinski definition) is 6. The number of nitrogens with zero attached hydrogens (tertiary/aromatic N) is 5. The van der Waals surface area contributed by atoms with Crippen molar-refractivity contribution in [3.05, 3.63) is 24.4 Å². The van der Waals surface area contributed by atoms with Crippen LogP contribution < -0.4 is 9.62 Å². The van der Waals surface area contributed by atoms with Crippen LogP contribution in [0.15, 0.2) is 23.6 Å². The second-order valence-corrected chi connectivity index (χ2v) is 6.31. The van der Waals surface area contributed by atoms with Crippen molar-refractivity contribution in [3.8, 4) is 0 Å². The van der Waals surface area contributed by atoms with E-state index in [0.29, 0.717) is 24.0 Å². The highest BCUT2D eigenvalue weighted by molar-refractivity contribution is 7.92. The topological polar surface area (TPSA) is 93.0 Å². The lowest BCUT2D eigenvalue weighted by molar-refractivity contribution is 0.598. The highest BCUT2D eigenvalue weighted by Crippen LogP contribution is 2.15. The van der Waals surface area contributed by atoms with Crippen molar-refractivity contribution in [3.63, 3.8) is 0 Å². The number of anilines is 2. The quantitative estimate of drug-likeness (QED) is 0.881. The molecule has 0 aliphatic heterocycles. The molecule has 2 aromatic heterocycles. The van der Waals surface area contributed by atoms with Crippen LogP contribution in [0.25, 0.3) is 0 Å². The van der Waals surface area contributed by atoms with Crippen molar-refractivity contribution in [1.82, 2.24) is 19.5 Å². The Balaban J connectivity index is 2.24. The first-order chi connectivity index (χ1) is 9.83. The van der Waals surface area contributed by atoms with E-state index in [1.807, 2.05) is 6.92 Å². The Bertz CT molecular complexity index is 721. The summed E-state index contributed by atoms with van der Waals surface area (Å²) in [6.45, 7) is 4.35. The lowest BCUT2D eigenvalue weighted by Gasteiger charge is -2.10. The van der Waals surface area contributed by atoms with Gasteiger partial charge in [-0.05, 0) is 13.8 Å². The lowest BCUT2D eigenvalue weighted by Crippen LogP contribution is -2.16. The molecule has 0 aliphatic rings. The van der Waals surface area contributed by atoms with Crippen LogP contribution in [-0.2, 0) is 16.6 Å². The van der Waals surface area contributed by atoms with E-state index in [1.165, 1.54) is 18.6 Å². The van der Waals surface area contributed by atoms with Gasteiger partial charge < -0.3 is 9.47 Å². The van der Waals surface area contributed by atoms with E-state index >= 15 is 0 Å². The average molecular weight is 310 g/mol. The molecule has 2 aromatic rings. The first kappa shape index (κ1) is 15.2. The maximum absolute atomic E-state index is 12.2. The predicted octanol–water partition coefficient (Wildman–Crippen LogP) is 0.868. The third-order valence-corrected chi connectivity index (χ3v) is 4.11. The summed E-state index contributed by atoms with van der Waals surface area (Å²) in [4.78, 5) is 13.9. The van der Waals surface area contributed by atoms with E-state index in [1.54, 1.807) is 30.5 Å². The summed E-state index contributed by atoms with van der Waals surface area (Å²) in [5.41, 5.74) is 0.296. The van der Waals surface area contributed by atoms with Gasteiger partial charge in [-0.2, -0.15) is 8.42 Å². The molecule has 0 radical (unpaired) electrons. The summed E-state index contributed by atoms with van der Waals surface area (Å²) in [5, 5.41) is -0.0152. The van der Waals surface area contributed by atoms with Crippen LogP contribution >= 0.6 is 0 Å². The summed E-state index contributed by atoms with van der Waals surface area (Å²) < 4.78 is 28.7. The minimum atomic E-state index is -3.73. The fraction of sp³-hybridized carbons (Fsp3) is 0.417. The zero-order valence-corrected chi connectivity index (χ0v) is 13.2. The van der Waals surface area contributed by atoms with Crippen molar-refractivity contribution in [1.29, 1.82) is 0 Å². The van der Waals surface area contributed by atoms with Crippen LogP contribution in [0.4, 0.5) is 11.6 Å². The van der Waals surface area contributed by atoms with E-state index < -0.39 is 10.0 Å². The van der Waals surface area contributed by atoms with E-state index in [9.17, 15) is 8.42 Å². The number of nitrogens with one attached hydrogen (secondary N) is 1. The van der Waals surface area contributed by atoms with Crippen molar-refractivity contribution in [2.45, 2.75) is 25.4 Å². The van der Waals surface area contributed by atoms with Gasteiger partial charge in [0.2, 0.25) is 5.95 Å². The van der Waals surface area contributed by atoms with Gasteiger partial charge in [-0.25, -0.2) is 15.0 Å². The van der Waals surface area contributed by atoms with Crippen LogP contribution in [0.1, 0.15) is 12.7 Å². The highest BCUT2D eigenvalue weighted by atomic mass is 32.2. The third kappa shape index (κ3) is 3.30. The molecule has 2 heterocycles. The van der Waals surface area contributed by atoms with Gasteiger partial charge in [-0.15, -0.1) is 0 Å². The van der Waals surface area contributed by atoms with Crippen molar-refractivity contribution >= 4 is 21.7 Å². The summed E-state index contributed by atoms with van der Waals surface area (Å²) in [6, 6.07) is 0. The number of aromatic nitrogens is 4. The normalized spacial score (nSPS) is 11.4. The number of imidazole rings is 1. The minimum absolute atomic E-state index is 0.0152. The summed E-state index contributed by atoms with van der Waals surface area (Å²) in [6.07, 6.45) is 4.35. The summed E-state index contributed by atoms with van der Waals surface area (Å²) in [7, 11) is -0.124. The minimum Gasteiger partial charge on any atom is -0.347 e. The standard InChI is InChI=1S/C12H18N6O2S/c1-5-18-8-11(15-9(18)2)21(19,20)16-10-6-13-12(14-7-10)17(3)4/h6-8,16H,5H2,1-4H3. The van der Waals surface area contributed by atoms with Crippen LogP contribution in [-0.4, -0.2) is 42.0 Å². The van der Waals surface area contributed by atoms with E-state index in [-0.39, 0.29) is 5.03 Å². The summed E-state index contributed by atoms with van der Waals surface area (Å²) >= 11 is 0. The third-order valence-electron chi connectivity index (χ3n) is 2.86. The molecule has 9 heteroatoms. The van der Waals surface area contributed by atoms with Crippen LogP contribution in [0, 0.1) is 6.92 Å². The highest BCUT2D eigenvalue weighted by Gasteiger charge is 2.19. The zero-order chi connectivity index (χ0) is 15.6. The van der Waals surface area contributed by atoms with Crippen LogP contribution in [0.2, 0.25) is 0 Å². The number of rotatable bonds is 5. The van der Waals surface area contributed by atoms with Crippen molar-refractivity contribution in [2.24, 2.45) is 0 Å². The molecule has 0 spiro atoms. The second-order valence-electron chi connectivity index (χ2n) is 4.68. The van der Waals surface area contributed by atoms with Gasteiger partial charge in [0.05, 0.1) is 18.1 Å². The van der Waals surface area contributed by atoms with E-state index in [2.05, 4.69) is 19.7 Å². The Morgan fingerprint density at radius 1 is 1.29 bits per heavy atom. The van der Waals surface area contributed by atoms with Gasteiger partial charge in [-0.3, -0.25) is 4.72 Å². The number of sulfonamides is 1. The lowest BCUT2D eigenvalue weighted by atomic mass is 10.6. The average Bonchev–Trinajstić information content (AvgIpc) is 2.81. The molecular formula is C12H18N6O2S. The molecule has 114 valence electrons. The molecule has 0 atom stereocenters. The molecule has 8 nitrogen and oxygen atoms in total. The maximum atomic E-state index is 12.2. The molecule has 1 N–H and O–H groups in total. The molecule has 21 heavy (non-hydrogen) atoms.